The predicted molar refractivity (Wildman–Crippen MR) is 71.8 cm³/mol. The average molecular weight is 308 g/mol. The smallest absolute Gasteiger partial charge is 0.327 e. The Balaban J connectivity index is 4.89. The highest BCUT2D eigenvalue weighted by atomic mass is 32.2. The van der Waals surface area contributed by atoms with E-state index in [0.29, 0.717) is 13.0 Å². The van der Waals surface area contributed by atoms with Crippen LogP contribution < -0.4 is 10.6 Å². The molecule has 0 aromatic rings. The van der Waals surface area contributed by atoms with Gasteiger partial charge in [-0.2, -0.15) is 0 Å². The highest BCUT2D eigenvalue weighted by Gasteiger charge is 2.33. The van der Waals surface area contributed by atoms with E-state index in [0.717, 1.165) is 6.92 Å². The quantitative estimate of drug-likeness (QED) is 0.522. The molecule has 0 saturated carbocycles. The molecule has 3 N–H and O–H groups in total. The van der Waals surface area contributed by atoms with Crippen LogP contribution in [0.4, 0.5) is 0 Å². The van der Waals surface area contributed by atoms with E-state index in [-0.39, 0.29) is 0 Å². The van der Waals surface area contributed by atoms with Crippen LogP contribution in [0.5, 0.6) is 0 Å². The van der Waals surface area contributed by atoms with Gasteiger partial charge in [-0.05, 0) is 13.3 Å². The Hall–Kier alpha value is -1.64. The number of hydrogen-bond acceptors (Lipinski definition) is 5. The van der Waals surface area contributed by atoms with E-state index in [1.54, 1.807) is 0 Å². The minimum absolute atomic E-state index is 0.340. The van der Waals surface area contributed by atoms with Gasteiger partial charge in [0.05, 0.1) is 5.75 Å². The van der Waals surface area contributed by atoms with Crippen molar-refractivity contribution in [2.24, 2.45) is 0 Å². The Labute approximate surface area is 117 Å². The molecule has 20 heavy (non-hydrogen) atoms. The molecule has 2 unspecified atom stereocenters. The van der Waals surface area contributed by atoms with Gasteiger partial charge in [0.25, 0.3) is 0 Å². The lowest BCUT2D eigenvalue weighted by Gasteiger charge is -2.17. The summed E-state index contributed by atoms with van der Waals surface area (Å²) in [6.07, 6.45) is 0.655. The van der Waals surface area contributed by atoms with Crippen LogP contribution in [-0.2, 0) is 24.2 Å². The number of amides is 2. The maximum absolute atomic E-state index is 12.0. The molecular formula is C11H20N2O6S. The molecule has 0 rings (SSSR count). The van der Waals surface area contributed by atoms with Crippen LogP contribution in [0, 0.1) is 0 Å². The average Bonchev–Trinajstić information content (AvgIpc) is 2.33. The lowest BCUT2D eigenvalue weighted by molar-refractivity contribution is -0.140. The van der Waals surface area contributed by atoms with Crippen molar-refractivity contribution in [1.82, 2.24) is 10.6 Å². The molecule has 0 heterocycles. The Morgan fingerprint density at radius 1 is 1.25 bits per heavy atom. The minimum Gasteiger partial charge on any atom is -0.480 e. The van der Waals surface area contributed by atoms with Gasteiger partial charge in [-0.15, -0.1) is 0 Å². The topological polar surface area (TPSA) is 130 Å². The maximum atomic E-state index is 12.0. The number of carboxylic acids is 1. The predicted octanol–water partition coefficient (Wildman–Crippen LogP) is -1.09. The zero-order chi connectivity index (χ0) is 15.9. The van der Waals surface area contributed by atoms with Crippen LogP contribution in [0.25, 0.3) is 0 Å². The summed E-state index contributed by atoms with van der Waals surface area (Å²) in [4.78, 5) is 33.3. The SMILES string of the molecule is CCCNC(=O)C(C)S(=O)(=O)CC(NC(C)=O)C(=O)O. The molecule has 0 spiro atoms. The summed E-state index contributed by atoms with van der Waals surface area (Å²) in [6.45, 7) is 4.43. The molecule has 0 radical (unpaired) electrons. The Morgan fingerprint density at radius 3 is 2.20 bits per heavy atom. The van der Waals surface area contributed by atoms with Gasteiger partial charge in [0.1, 0.15) is 11.3 Å². The number of nitrogens with one attached hydrogen (secondary N) is 2. The van der Waals surface area contributed by atoms with Crippen LogP contribution in [0.3, 0.4) is 0 Å². The zero-order valence-electron chi connectivity index (χ0n) is 11.7. The summed E-state index contributed by atoms with van der Waals surface area (Å²) in [5.41, 5.74) is 0. The Bertz CT molecular complexity index is 473. The van der Waals surface area contributed by atoms with Crippen molar-refractivity contribution in [3.05, 3.63) is 0 Å². The Kier molecular flexibility index (Phi) is 7.19. The Morgan fingerprint density at radius 2 is 1.80 bits per heavy atom. The van der Waals surface area contributed by atoms with E-state index >= 15 is 0 Å². The van der Waals surface area contributed by atoms with E-state index in [9.17, 15) is 22.8 Å². The molecule has 0 bridgehead atoms. The molecule has 0 aliphatic rings. The van der Waals surface area contributed by atoms with Crippen molar-refractivity contribution in [1.29, 1.82) is 0 Å². The lowest BCUT2D eigenvalue weighted by Crippen LogP contribution is -2.48. The number of carbonyl (C=O) groups excluding carboxylic acids is 2. The number of aliphatic carboxylic acids is 1. The second-order valence-corrected chi connectivity index (χ2v) is 6.72. The molecule has 2 amide bonds. The van der Waals surface area contributed by atoms with Crippen molar-refractivity contribution < 1.29 is 27.9 Å². The summed E-state index contributed by atoms with van der Waals surface area (Å²) in [7, 11) is -3.99. The first kappa shape index (κ1) is 18.4. The summed E-state index contributed by atoms with van der Waals surface area (Å²) < 4.78 is 23.9. The third-order valence-electron chi connectivity index (χ3n) is 2.53. The van der Waals surface area contributed by atoms with Crippen molar-refractivity contribution in [3.8, 4) is 0 Å². The second kappa shape index (κ2) is 7.83. The van der Waals surface area contributed by atoms with E-state index < -0.39 is 44.7 Å². The first-order chi connectivity index (χ1) is 9.11. The molecular weight excluding hydrogens is 288 g/mol. The van der Waals surface area contributed by atoms with Crippen LogP contribution in [0.1, 0.15) is 27.2 Å². The number of rotatable bonds is 8. The number of sulfone groups is 1. The van der Waals surface area contributed by atoms with Gasteiger partial charge < -0.3 is 15.7 Å². The number of carboxylic acid groups (broad SMARTS) is 1. The van der Waals surface area contributed by atoms with Gasteiger partial charge in [0.15, 0.2) is 9.84 Å². The van der Waals surface area contributed by atoms with Crippen molar-refractivity contribution in [2.75, 3.05) is 12.3 Å². The molecule has 9 heteroatoms. The number of hydrogen-bond donors (Lipinski definition) is 3. The summed E-state index contributed by atoms with van der Waals surface area (Å²) in [5.74, 6) is -3.64. The summed E-state index contributed by atoms with van der Waals surface area (Å²) >= 11 is 0. The summed E-state index contributed by atoms with van der Waals surface area (Å²) in [5, 5.41) is 11.9. The van der Waals surface area contributed by atoms with E-state index in [4.69, 9.17) is 5.11 Å². The van der Waals surface area contributed by atoms with E-state index in [1.165, 1.54) is 6.92 Å². The number of carbonyl (C=O) groups is 3. The molecule has 116 valence electrons. The van der Waals surface area contributed by atoms with Crippen LogP contribution >= 0.6 is 0 Å². The van der Waals surface area contributed by atoms with Crippen molar-refractivity contribution in [2.45, 2.75) is 38.5 Å². The van der Waals surface area contributed by atoms with Crippen LogP contribution in [0.2, 0.25) is 0 Å². The second-order valence-electron chi connectivity index (χ2n) is 4.35. The monoisotopic (exact) mass is 308 g/mol. The van der Waals surface area contributed by atoms with Gasteiger partial charge in [-0.1, -0.05) is 6.92 Å². The minimum atomic E-state index is -3.99. The van der Waals surface area contributed by atoms with Gasteiger partial charge in [0.2, 0.25) is 11.8 Å². The lowest BCUT2D eigenvalue weighted by atomic mass is 10.3. The molecule has 0 aliphatic heterocycles. The molecule has 0 aromatic carbocycles. The fourth-order valence-corrected chi connectivity index (χ4v) is 2.74. The van der Waals surface area contributed by atoms with Gasteiger partial charge in [0, 0.05) is 13.5 Å². The highest BCUT2D eigenvalue weighted by Crippen LogP contribution is 2.05. The third kappa shape index (κ3) is 6.00. The first-order valence-electron chi connectivity index (χ1n) is 6.11. The fraction of sp³-hybridized carbons (Fsp3) is 0.727. The van der Waals surface area contributed by atoms with Crippen LogP contribution in [0.15, 0.2) is 0 Å². The van der Waals surface area contributed by atoms with Gasteiger partial charge >= 0.3 is 5.97 Å². The standard InChI is InChI=1S/C11H20N2O6S/c1-4-5-12-10(15)7(2)20(18,19)6-9(11(16)17)13-8(3)14/h7,9H,4-6H2,1-3H3,(H,12,15)(H,13,14)(H,16,17). The summed E-state index contributed by atoms with van der Waals surface area (Å²) in [6, 6.07) is -1.57. The molecule has 0 aliphatic carbocycles. The zero-order valence-corrected chi connectivity index (χ0v) is 12.5. The third-order valence-corrected chi connectivity index (χ3v) is 4.62. The van der Waals surface area contributed by atoms with Crippen molar-refractivity contribution in [3.63, 3.8) is 0 Å². The van der Waals surface area contributed by atoms with Crippen LogP contribution in [-0.4, -0.2) is 54.9 Å². The van der Waals surface area contributed by atoms with Gasteiger partial charge in [-0.3, -0.25) is 9.59 Å². The van der Waals surface area contributed by atoms with E-state index in [2.05, 4.69) is 5.32 Å². The maximum Gasteiger partial charge on any atom is 0.327 e. The first-order valence-corrected chi connectivity index (χ1v) is 7.82. The molecule has 8 nitrogen and oxygen atoms in total. The normalized spacial score (nSPS) is 14.2. The molecule has 0 saturated heterocycles. The fourth-order valence-electron chi connectivity index (χ4n) is 1.35. The van der Waals surface area contributed by atoms with Gasteiger partial charge in [-0.25, -0.2) is 13.2 Å². The molecule has 0 aromatic heterocycles. The molecule has 2 atom stereocenters. The largest absolute Gasteiger partial charge is 0.480 e. The highest BCUT2D eigenvalue weighted by molar-refractivity contribution is 7.92. The van der Waals surface area contributed by atoms with Crippen molar-refractivity contribution >= 4 is 27.6 Å². The molecule has 0 fully saturated rings. The van der Waals surface area contributed by atoms with E-state index in [1.807, 2.05) is 12.2 Å².